The molecule has 0 heterocycles. The van der Waals surface area contributed by atoms with E-state index in [-0.39, 0.29) is 12.6 Å². The minimum atomic E-state index is -0.725. The Labute approximate surface area is 95.9 Å². The van der Waals surface area contributed by atoms with Crippen molar-refractivity contribution in [1.29, 1.82) is 0 Å². The first-order valence-electron chi connectivity index (χ1n) is 5.34. The summed E-state index contributed by atoms with van der Waals surface area (Å²) in [6, 6.07) is 7.80. The van der Waals surface area contributed by atoms with Gasteiger partial charge in [-0.2, -0.15) is 0 Å². The molecule has 0 aliphatic heterocycles. The van der Waals surface area contributed by atoms with Gasteiger partial charge in [-0.15, -0.1) is 0 Å². The van der Waals surface area contributed by atoms with Gasteiger partial charge in [-0.3, -0.25) is 0 Å². The number of ether oxygens (including phenoxy) is 1. The lowest BCUT2D eigenvalue weighted by molar-refractivity contribution is 0.0923. The second-order valence-electron chi connectivity index (χ2n) is 3.71. The highest BCUT2D eigenvalue weighted by molar-refractivity contribution is 5.35. The van der Waals surface area contributed by atoms with E-state index in [1.54, 1.807) is 7.11 Å². The summed E-state index contributed by atoms with van der Waals surface area (Å²) in [5.74, 6) is 0.820. The number of rotatable bonds is 6. The molecule has 0 aromatic heterocycles. The largest absolute Gasteiger partial charge is 0.496 e. The number of hydrogen-bond acceptors (Lipinski definition) is 4. The van der Waals surface area contributed by atoms with Crippen LogP contribution in [-0.2, 0) is 0 Å². The maximum atomic E-state index is 9.24. The van der Waals surface area contributed by atoms with Crippen LogP contribution < -0.4 is 10.1 Å². The SMILES string of the molecule is COc1ccccc1[C@@H](C)NCC(O)CO. The number of para-hydroxylation sites is 1. The maximum absolute atomic E-state index is 9.24. The van der Waals surface area contributed by atoms with E-state index in [1.165, 1.54) is 0 Å². The summed E-state index contributed by atoms with van der Waals surface area (Å²) < 4.78 is 5.25. The highest BCUT2D eigenvalue weighted by atomic mass is 16.5. The van der Waals surface area contributed by atoms with Crippen molar-refractivity contribution < 1.29 is 14.9 Å². The molecule has 16 heavy (non-hydrogen) atoms. The lowest BCUT2D eigenvalue weighted by atomic mass is 10.1. The van der Waals surface area contributed by atoms with Gasteiger partial charge in [0.1, 0.15) is 5.75 Å². The van der Waals surface area contributed by atoms with Gasteiger partial charge in [0.2, 0.25) is 0 Å². The molecule has 4 heteroatoms. The molecule has 0 amide bonds. The van der Waals surface area contributed by atoms with Gasteiger partial charge in [0, 0.05) is 18.2 Å². The normalized spacial score (nSPS) is 14.5. The Morgan fingerprint density at radius 2 is 2.06 bits per heavy atom. The molecule has 0 bridgehead atoms. The van der Waals surface area contributed by atoms with E-state index in [2.05, 4.69) is 5.32 Å². The molecular formula is C12H19NO3. The predicted octanol–water partition coefficient (Wildman–Crippen LogP) is 0.699. The van der Waals surface area contributed by atoms with Crippen molar-refractivity contribution in [3.8, 4) is 5.75 Å². The Hall–Kier alpha value is -1.10. The van der Waals surface area contributed by atoms with Crippen molar-refractivity contribution >= 4 is 0 Å². The van der Waals surface area contributed by atoms with E-state index in [4.69, 9.17) is 9.84 Å². The van der Waals surface area contributed by atoms with Crippen LogP contribution in [-0.4, -0.2) is 36.6 Å². The summed E-state index contributed by atoms with van der Waals surface area (Å²) in [4.78, 5) is 0. The van der Waals surface area contributed by atoms with Crippen molar-refractivity contribution in [2.45, 2.75) is 19.1 Å². The lowest BCUT2D eigenvalue weighted by Crippen LogP contribution is -2.31. The average Bonchev–Trinajstić information content (AvgIpc) is 2.35. The fourth-order valence-electron chi connectivity index (χ4n) is 1.51. The molecular weight excluding hydrogens is 206 g/mol. The monoisotopic (exact) mass is 225 g/mol. The van der Waals surface area contributed by atoms with E-state index in [9.17, 15) is 5.11 Å². The molecule has 1 aromatic carbocycles. The summed E-state index contributed by atoms with van der Waals surface area (Å²) in [6.45, 7) is 2.11. The van der Waals surface area contributed by atoms with Crippen LogP contribution in [0.1, 0.15) is 18.5 Å². The first kappa shape index (κ1) is 13.0. The van der Waals surface area contributed by atoms with Crippen molar-refractivity contribution in [3.05, 3.63) is 29.8 Å². The maximum Gasteiger partial charge on any atom is 0.123 e. The number of aliphatic hydroxyl groups is 2. The van der Waals surface area contributed by atoms with Crippen LogP contribution >= 0.6 is 0 Å². The summed E-state index contributed by atoms with van der Waals surface area (Å²) in [5, 5.41) is 21.1. The van der Waals surface area contributed by atoms with Crippen molar-refractivity contribution in [2.24, 2.45) is 0 Å². The summed E-state index contributed by atoms with van der Waals surface area (Å²) in [7, 11) is 1.63. The quantitative estimate of drug-likeness (QED) is 0.667. The molecule has 0 aliphatic rings. The van der Waals surface area contributed by atoms with Gasteiger partial charge in [0.15, 0.2) is 0 Å². The third kappa shape index (κ3) is 3.48. The molecule has 0 fully saturated rings. The number of benzene rings is 1. The van der Waals surface area contributed by atoms with Gasteiger partial charge in [-0.1, -0.05) is 18.2 Å². The van der Waals surface area contributed by atoms with Crippen LogP contribution in [0.4, 0.5) is 0 Å². The zero-order chi connectivity index (χ0) is 12.0. The molecule has 4 nitrogen and oxygen atoms in total. The van der Waals surface area contributed by atoms with E-state index in [0.717, 1.165) is 11.3 Å². The second-order valence-corrected chi connectivity index (χ2v) is 3.71. The van der Waals surface area contributed by atoms with Crippen molar-refractivity contribution in [3.63, 3.8) is 0 Å². The zero-order valence-electron chi connectivity index (χ0n) is 9.68. The summed E-state index contributed by atoms with van der Waals surface area (Å²) in [5.41, 5.74) is 1.04. The van der Waals surface area contributed by atoms with E-state index < -0.39 is 6.10 Å². The Bertz CT molecular complexity index is 317. The summed E-state index contributed by atoms with van der Waals surface area (Å²) in [6.07, 6.45) is -0.725. The van der Waals surface area contributed by atoms with Crippen LogP contribution in [0.3, 0.4) is 0 Å². The van der Waals surface area contributed by atoms with Crippen LogP contribution in [0.25, 0.3) is 0 Å². The summed E-state index contributed by atoms with van der Waals surface area (Å²) >= 11 is 0. The van der Waals surface area contributed by atoms with Crippen LogP contribution in [0.5, 0.6) is 5.75 Å². The molecule has 1 rings (SSSR count). The van der Waals surface area contributed by atoms with Gasteiger partial charge < -0.3 is 20.3 Å². The Morgan fingerprint density at radius 3 is 2.69 bits per heavy atom. The van der Waals surface area contributed by atoms with E-state index in [1.807, 2.05) is 31.2 Å². The number of hydrogen-bond donors (Lipinski definition) is 3. The first-order chi connectivity index (χ1) is 7.69. The van der Waals surface area contributed by atoms with E-state index in [0.29, 0.717) is 6.54 Å². The Morgan fingerprint density at radius 1 is 1.38 bits per heavy atom. The van der Waals surface area contributed by atoms with Crippen molar-refractivity contribution in [1.82, 2.24) is 5.32 Å². The van der Waals surface area contributed by atoms with Crippen LogP contribution in [0, 0.1) is 0 Å². The molecule has 0 radical (unpaired) electrons. The highest BCUT2D eigenvalue weighted by Crippen LogP contribution is 2.23. The van der Waals surface area contributed by atoms with Crippen molar-refractivity contribution in [2.75, 3.05) is 20.3 Å². The molecule has 3 N–H and O–H groups in total. The number of methoxy groups -OCH3 is 1. The minimum Gasteiger partial charge on any atom is -0.496 e. The van der Waals surface area contributed by atoms with E-state index >= 15 is 0 Å². The number of nitrogens with one attached hydrogen (secondary N) is 1. The molecule has 1 aromatic rings. The second kappa shape index (κ2) is 6.48. The molecule has 0 saturated carbocycles. The third-order valence-corrected chi connectivity index (χ3v) is 2.48. The first-order valence-corrected chi connectivity index (χ1v) is 5.34. The fraction of sp³-hybridized carbons (Fsp3) is 0.500. The molecule has 2 atom stereocenters. The smallest absolute Gasteiger partial charge is 0.123 e. The molecule has 0 saturated heterocycles. The minimum absolute atomic E-state index is 0.0670. The highest BCUT2D eigenvalue weighted by Gasteiger charge is 2.11. The Kier molecular flexibility index (Phi) is 5.25. The van der Waals surface area contributed by atoms with Crippen LogP contribution in [0.15, 0.2) is 24.3 Å². The molecule has 90 valence electrons. The van der Waals surface area contributed by atoms with Crippen LogP contribution in [0.2, 0.25) is 0 Å². The molecule has 0 spiro atoms. The fourth-order valence-corrected chi connectivity index (χ4v) is 1.51. The average molecular weight is 225 g/mol. The van der Waals surface area contributed by atoms with Gasteiger partial charge >= 0.3 is 0 Å². The predicted molar refractivity (Wildman–Crippen MR) is 62.5 cm³/mol. The number of aliphatic hydroxyl groups excluding tert-OH is 2. The molecule has 0 aliphatic carbocycles. The lowest BCUT2D eigenvalue weighted by Gasteiger charge is -2.18. The van der Waals surface area contributed by atoms with Gasteiger partial charge in [0.25, 0.3) is 0 Å². The third-order valence-electron chi connectivity index (χ3n) is 2.48. The van der Waals surface area contributed by atoms with Gasteiger partial charge in [-0.25, -0.2) is 0 Å². The standard InChI is InChI=1S/C12H19NO3/c1-9(13-7-10(15)8-14)11-5-3-4-6-12(11)16-2/h3-6,9-10,13-15H,7-8H2,1-2H3/t9-,10?/m1/s1. The van der Waals surface area contributed by atoms with Gasteiger partial charge in [0.05, 0.1) is 19.8 Å². The van der Waals surface area contributed by atoms with Gasteiger partial charge in [-0.05, 0) is 13.0 Å². The topological polar surface area (TPSA) is 61.7 Å². The Balaban J connectivity index is 2.61. The molecule has 1 unspecified atom stereocenters. The zero-order valence-corrected chi connectivity index (χ0v) is 9.68.